The topological polar surface area (TPSA) is 18.5 Å². The second-order valence-electron chi connectivity index (χ2n) is 6.71. The van der Waals surface area contributed by atoms with Crippen molar-refractivity contribution in [3.05, 3.63) is 0 Å². The van der Waals surface area contributed by atoms with E-state index in [0.717, 1.165) is 6.04 Å². The van der Waals surface area contributed by atoms with Gasteiger partial charge in [-0.25, -0.2) is 5.01 Å². The predicted molar refractivity (Wildman–Crippen MR) is 72.9 cm³/mol. The quantitative estimate of drug-likeness (QED) is 0.745. The van der Waals surface area contributed by atoms with Crippen molar-refractivity contribution in [3.8, 4) is 0 Å². The average Bonchev–Trinajstić information content (AvgIpc) is 2.44. The van der Waals surface area contributed by atoms with Crippen LogP contribution in [0, 0.1) is 5.41 Å². The van der Waals surface area contributed by atoms with E-state index in [-0.39, 0.29) is 0 Å². The third-order valence-corrected chi connectivity index (χ3v) is 4.44. The van der Waals surface area contributed by atoms with E-state index < -0.39 is 0 Å². The first kappa shape index (κ1) is 13.3. The lowest BCUT2D eigenvalue weighted by Gasteiger charge is -2.35. The lowest BCUT2D eigenvalue weighted by Crippen LogP contribution is -2.53. The molecule has 0 bridgehead atoms. The molecule has 1 saturated carbocycles. The van der Waals surface area contributed by atoms with Gasteiger partial charge in [0.1, 0.15) is 0 Å². The molecular weight excluding hydrogens is 210 g/mol. The van der Waals surface area contributed by atoms with Crippen LogP contribution in [-0.2, 0) is 0 Å². The third kappa shape index (κ3) is 4.23. The molecule has 0 spiro atoms. The molecule has 0 amide bonds. The van der Waals surface area contributed by atoms with Crippen molar-refractivity contribution in [2.45, 2.75) is 52.0 Å². The van der Waals surface area contributed by atoms with Gasteiger partial charge in [0.15, 0.2) is 0 Å². The Morgan fingerprint density at radius 2 is 1.71 bits per heavy atom. The molecule has 1 unspecified atom stereocenters. The van der Waals surface area contributed by atoms with Crippen molar-refractivity contribution in [1.82, 2.24) is 15.3 Å². The van der Waals surface area contributed by atoms with E-state index in [9.17, 15) is 0 Å². The molecule has 1 heterocycles. The summed E-state index contributed by atoms with van der Waals surface area (Å²) < 4.78 is 0. The summed E-state index contributed by atoms with van der Waals surface area (Å²) in [4.78, 5) is 2.41. The van der Waals surface area contributed by atoms with Gasteiger partial charge in [-0.15, -0.1) is 0 Å². The number of nitrogens with zero attached hydrogens (tertiary/aromatic N) is 2. The summed E-state index contributed by atoms with van der Waals surface area (Å²) in [6, 6.07) is 0.722. The SMILES string of the molecule is CN1CCN(NC2CCCC(C)(C)CC2)CC1. The van der Waals surface area contributed by atoms with Crippen molar-refractivity contribution < 1.29 is 0 Å². The maximum atomic E-state index is 3.76. The number of hydrogen-bond acceptors (Lipinski definition) is 3. The molecule has 1 N–H and O–H groups in total. The van der Waals surface area contributed by atoms with Gasteiger partial charge in [0.2, 0.25) is 0 Å². The Labute approximate surface area is 107 Å². The first-order chi connectivity index (χ1) is 8.05. The Morgan fingerprint density at radius 3 is 2.41 bits per heavy atom. The van der Waals surface area contributed by atoms with Crippen LogP contribution >= 0.6 is 0 Å². The number of nitrogens with one attached hydrogen (secondary N) is 1. The molecule has 3 nitrogen and oxygen atoms in total. The zero-order valence-corrected chi connectivity index (χ0v) is 11.8. The van der Waals surface area contributed by atoms with E-state index in [4.69, 9.17) is 0 Å². The highest BCUT2D eigenvalue weighted by molar-refractivity contribution is 4.80. The third-order valence-electron chi connectivity index (χ3n) is 4.44. The summed E-state index contributed by atoms with van der Waals surface area (Å²) in [6.45, 7) is 9.60. The summed E-state index contributed by atoms with van der Waals surface area (Å²) in [5.74, 6) is 0. The van der Waals surface area contributed by atoms with Gasteiger partial charge in [-0.1, -0.05) is 20.3 Å². The molecule has 1 saturated heterocycles. The van der Waals surface area contributed by atoms with Crippen LogP contribution in [0.25, 0.3) is 0 Å². The number of piperazine rings is 1. The smallest absolute Gasteiger partial charge is 0.0259 e. The summed E-state index contributed by atoms with van der Waals surface area (Å²) in [5.41, 5.74) is 4.33. The number of hydrogen-bond donors (Lipinski definition) is 1. The van der Waals surface area contributed by atoms with Crippen molar-refractivity contribution in [2.24, 2.45) is 5.41 Å². The van der Waals surface area contributed by atoms with Crippen molar-refractivity contribution >= 4 is 0 Å². The first-order valence-corrected chi connectivity index (χ1v) is 7.25. The maximum Gasteiger partial charge on any atom is 0.0259 e. The molecule has 3 heteroatoms. The second-order valence-corrected chi connectivity index (χ2v) is 6.71. The molecule has 0 aromatic carbocycles. The van der Waals surface area contributed by atoms with Gasteiger partial charge in [0.05, 0.1) is 0 Å². The van der Waals surface area contributed by atoms with Crippen LogP contribution in [0.2, 0.25) is 0 Å². The Morgan fingerprint density at radius 1 is 1.00 bits per heavy atom. The zero-order chi connectivity index (χ0) is 12.3. The van der Waals surface area contributed by atoms with Crippen LogP contribution < -0.4 is 5.43 Å². The van der Waals surface area contributed by atoms with E-state index in [1.807, 2.05) is 0 Å². The molecule has 2 fully saturated rings. The Hall–Kier alpha value is -0.120. The summed E-state index contributed by atoms with van der Waals surface area (Å²) in [5, 5.41) is 2.45. The summed E-state index contributed by atoms with van der Waals surface area (Å²) >= 11 is 0. The molecule has 2 aliphatic rings. The zero-order valence-electron chi connectivity index (χ0n) is 11.8. The van der Waals surface area contributed by atoms with E-state index in [0.29, 0.717) is 5.41 Å². The Kier molecular flexibility index (Phi) is 4.45. The summed E-state index contributed by atoms with van der Waals surface area (Å²) in [7, 11) is 2.21. The van der Waals surface area contributed by atoms with Crippen molar-refractivity contribution in [2.75, 3.05) is 33.2 Å². The van der Waals surface area contributed by atoms with Crippen LogP contribution in [0.1, 0.15) is 46.0 Å². The Balaban J connectivity index is 1.75. The first-order valence-electron chi connectivity index (χ1n) is 7.25. The van der Waals surface area contributed by atoms with E-state index in [1.165, 1.54) is 58.3 Å². The minimum Gasteiger partial charge on any atom is -0.304 e. The van der Waals surface area contributed by atoms with E-state index in [2.05, 4.69) is 36.2 Å². The molecular formula is C14H29N3. The normalized spacial score (nSPS) is 32.3. The van der Waals surface area contributed by atoms with Gasteiger partial charge in [0, 0.05) is 32.2 Å². The molecule has 17 heavy (non-hydrogen) atoms. The largest absolute Gasteiger partial charge is 0.304 e. The van der Waals surface area contributed by atoms with E-state index >= 15 is 0 Å². The highest BCUT2D eigenvalue weighted by atomic mass is 15.5. The summed E-state index contributed by atoms with van der Waals surface area (Å²) in [6.07, 6.45) is 6.86. The lowest BCUT2D eigenvalue weighted by atomic mass is 9.85. The van der Waals surface area contributed by atoms with Crippen LogP contribution in [0.5, 0.6) is 0 Å². The molecule has 1 aliphatic carbocycles. The molecule has 1 atom stereocenters. The van der Waals surface area contributed by atoms with Crippen LogP contribution in [0.4, 0.5) is 0 Å². The molecule has 0 radical (unpaired) electrons. The fourth-order valence-corrected chi connectivity index (χ4v) is 2.98. The minimum atomic E-state index is 0.568. The lowest BCUT2D eigenvalue weighted by molar-refractivity contribution is 0.0827. The predicted octanol–water partition coefficient (Wildman–Crippen LogP) is 2.10. The molecule has 0 aromatic heterocycles. The van der Waals surface area contributed by atoms with Gasteiger partial charge in [-0.05, 0) is 38.1 Å². The minimum absolute atomic E-state index is 0.568. The van der Waals surface area contributed by atoms with Crippen LogP contribution in [0.3, 0.4) is 0 Å². The standard InChI is InChI=1S/C14H29N3/c1-14(2)7-4-5-13(6-8-14)15-17-11-9-16(3)10-12-17/h13,15H,4-12H2,1-3H3. The maximum absolute atomic E-state index is 3.76. The fraction of sp³-hybridized carbons (Fsp3) is 1.00. The molecule has 1 aliphatic heterocycles. The number of hydrazine groups is 1. The average molecular weight is 239 g/mol. The monoisotopic (exact) mass is 239 g/mol. The number of likely N-dealkylation sites (N-methyl/N-ethyl adjacent to an activating group) is 1. The van der Waals surface area contributed by atoms with Crippen LogP contribution in [0.15, 0.2) is 0 Å². The molecule has 2 rings (SSSR count). The Bertz CT molecular complexity index is 232. The van der Waals surface area contributed by atoms with Crippen molar-refractivity contribution in [3.63, 3.8) is 0 Å². The highest BCUT2D eigenvalue weighted by Gasteiger charge is 2.25. The van der Waals surface area contributed by atoms with Gasteiger partial charge in [-0.3, -0.25) is 5.43 Å². The second kappa shape index (κ2) is 5.68. The van der Waals surface area contributed by atoms with E-state index in [1.54, 1.807) is 0 Å². The highest BCUT2D eigenvalue weighted by Crippen LogP contribution is 2.33. The van der Waals surface area contributed by atoms with Gasteiger partial charge in [-0.2, -0.15) is 0 Å². The van der Waals surface area contributed by atoms with Crippen LogP contribution in [-0.4, -0.2) is 49.2 Å². The van der Waals surface area contributed by atoms with Gasteiger partial charge < -0.3 is 4.90 Å². The molecule has 0 aromatic rings. The number of rotatable bonds is 2. The van der Waals surface area contributed by atoms with Gasteiger partial charge in [0.25, 0.3) is 0 Å². The van der Waals surface area contributed by atoms with Gasteiger partial charge >= 0.3 is 0 Å². The van der Waals surface area contributed by atoms with Crippen molar-refractivity contribution in [1.29, 1.82) is 0 Å². The fourth-order valence-electron chi connectivity index (χ4n) is 2.98. The molecule has 100 valence electrons.